The maximum Gasteiger partial charge on any atom is 0.150 e. The molecule has 23 heavy (non-hydrogen) atoms. The maximum atomic E-state index is 10.8. The second-order valence-corrected chi connectivity index (χ2v) is 5.78. The number of carbonyl (C=O) groups excluding carboxylic acids is 1. The highest BCUT2D eigenvalue weighted by Gasteiger charge is 2.11. The van der Waals surface area contributed by atoms with Crippen LogP contribution in [0.15, 0.2) is 46.9 Å². The summed E-state index contributed by atoms with van der Waals surface area (Å²) in [5.74, 6) is 1.51. The molecule has 0 aliphatic rings. The molecule has 0 N–H and O–H groups in total. The number of hydrogen-bond donors (Lipinski definition) is 0. The SMILES string of the molecule is CCCCOc1ccc2oc(-c3ccc(C=O)cc3Cl)cc2c1. The van der Waals surface area contributed by atoms with Gasteiger partial charge >= 0.3 is 0 Å². The Hall–Kier alpha value is -2.26. The molecule has 0 unspecified atom stereocenters. The van der Waals surface area contributed by atoms with Crippen molar-refractivity contribution in [3.63, 3.8) is 0 Å². The van der Waals surface area contributed by atoms with Gasteiger partial charge in [0.1, 0.15) is 23.4 Å². The molecule has 1 heterocycles. The van der Waals surface area contributed by atoms with E-state index in [0.717, 1.165) is 41.4 Å². The lowest BCUT2D eigenvalue weighted by Gasteiger charge is -2.04. The van der Waals surface area contributed by atoms with E-state index in [2.05, 4.69) is 6.92 Å². The third-order valence-corrected chi connectivity index (χ3v) is 3.96. The van der Waals surface area contributed by atoms with E-state index < -0.39 is 0 Å². The monoisotopic (exact) mass is 328 g/mol. The number of benzene rings is 2. The van der Waals surface area contributed by atoms with Gasteiger partial charge in [0.05, 0.1) is 11.6 Å². The molecule has 0 radical (unpaired) electrons. The molecule has 0 amide bonds. The molecule has 118 valence electrons. The Morgan fingerprint density at radius 2 is 2.04 bits per heavy atom. The first-order chi connectivity index (χ1) is 11.2. The van der Waals surface area contributed by atoms with Crippen LogP contribution >= 0.6 is 11.6 Å². The van der Waals surface area contributed by atoms with Crippen molar-refractivity contribution in [2.75, 3.05) is 6.61 Å². The van der Waals surface area contributed by atoms with E-state index in [4.69, 9.17) is 20.8 Å². The van der Waals surface area contributed by atoms with E-state index in [1.807, 2.05) is 24.3 Å². The van der Waals surface area contributed by atoms with E-state index in [1.165, 1.54) is 0 Å². The summed E-state index contributed by atoms with van der Waals surface area (Å²) in [6.07, 6.45) is 2.91. The summed E-state index contributed by atoms with van der Waals surface area (Å²) in [6.45, 7) is 2.85. The van der Waals surface area contributed by atoms with Crippen LogP contribution in [0.1, 0.15) is 30.1 Å². The largest absolute Gasteiger partial charge is 0.494 e. The minimum atomic E-state index is 0.494. The fraction of sp³-hybridized carbons (Fsp3) is 0.211. The highest BCUT2D eigenvalue weighted by atomic mass is 35.5. The third-order valence-electron chi connectivity index (χ3n) is 3.65. The van der Waals surface area contributed by atoms with Crippen molar-refractivity contribution in [2.24, 2.45) is 0 Å². The van der Waals surface area contributed by atoms with Crippen LogP contribution in [0.3, 0.4) is 0 Å². The zero-order valence-electron chi connectivity index (χ0n) is 12.8. The summed E-state index contributed by atoms with van der Waals surface area (Å²) in [5, 5.41) is 1.46. The summed E-state index contributed by atoms with van der Waals surface area (Å²) >= 11 is 6.24. The Bertz CT molecular complexity index is 836. The maximum absolute atomic E-state index is 10.8. The molecule has 0 saturated carbocycles. The number of unbranched alkanes of at least 4 members (excludes halogenated alkanes) is 1. The predicted molar refractivity (Wildman–Crippen MR) is 92.5 cm³/mol. The smallest absolute Gasteiger partial charge is 0.150 e. The van der Waals surface area contributed by atoms with E-state index >= 15 is 0 Å². The molecule has 3 rings (SSSR count). The molecule has 3 nitrogen and oxygen atoms in total. The minimum Gasteiger partial charge on any atom is -0.494 e. The summed E-state index contributed by atoms with van der Waals surface area (Å²) in [4.78, 5) is 10.8. The van der Waals surface area contributed by atoms with Crippen molar-refractivity contribution in [3.8, 4) is 17.1 Å². The van der Waals surface area contributed by atoms with E-state index in [0.29, 0.717) is 23.0 Å². The standard InChI is InChI=1S/C19H17ClO3/c1-2-3-8-22-15-5-7-18-14(10-15)11-19(23-18)16-6-4-13(12-21)9-17(16)20/h4-7,9-12H,2-3,8H2,1H3. The van der Waals surface area contributed by atoms with Crippen molar-refractivity contribution >= 4 is 28.9 Å². The van der Waals surface area contributed by atoms with Gasteiger partial charge in [-0.05, 0) is 42.8 Å². The van der Waals surface area contributed by atoms with Crippen LogP contribution in [-0.4, -0.2) is 12.9 Å². The van der Waals surface area contributed by atoms with Gasteiger partial charge in [-0.25, -0.2) is 0 Å². The van der Waals surface area contributed by atoms with Crippen molar-refractivity contribution in [2.45, 2.75) is 19.8 Å². The molecular weight excluding hydrogens is 312 g/mol. The van der Waals surface area contributed by atoms with Gasteiger partial charge in [0, 0.05) is 16.5 Å². The third kappa shape index (κ3) is 3.40. The fourth-order valence-corrected chi connectivity index (χ4v) is 2.66. The van der Waals surface area contributed by atoms with Gasteiger partial charge < -0.3 is 9.15 Å². The number of aldehydes is 1. The molecule has 0 saturated heterocycles. The van der Waals surface area contributed by atoms with Gasteiger partial charge in [0.15, 0.2) is 0 Å². The van der Waals surface area contributed by atoms with E-state index in [9.17, 15) is 4.79 Å². The minimum absolute atomic E-state index is 0.494. The Morgan fingerprint density at radius 3 is 2.78 bits per heavy atom. The van der Waals surface area contributed by atoms with Crippen LogP contribution in [0.4, 0.5) is 0 Å². The lowest BCUT2D eigenvalue weighted by molar-refractivity contribution is 0.112. The zero-order chi connectivity index (χ0) is 16.2. The van der Waals surface area contributed by atoms with Gasteiger partial charge in [-0.1, -0.05) is 31.0 Å². The molecule has 0 aliphatic heterocycles. The van der Waals surface area contributed by atoms with Gasteiger partial charge in [-0.3, -0.25) is 4.79 Å². The molecule has 0 atom stereocenters. The molecule has 0 fully saturated rings. The van der Waals surface area contributed by atoms with Gasteiger partial charge in [0.25, 0.3) is 0 Å². The normalized spacial score (nSPS) is 10.9. The molecular formula is C19H17ClO3. The summed E-state index contributed by atoms with van der Waals surface area (Å²) in [6, 6.07) is 12.9. The van der Waals surface area contributed by atoms with Gasteiger partial charge in [-0.2, -0.15) is 0 Å². The Balaban J connectivity index is 1.92. The molecule has 4 heteroatoms. The number of fused-ring (bicyclic) bond motifs is 1. The quantitative estimate of drug-likeness (QED) is 0.427. The number of ether oxygens (including phenoxy) is 1. The van der Waals surface area contributed by atoms with Crippen LogP contribution in [0.25, 0.3) is 22.3 Å². The number of carbonyl (C=O) groups is 1. The average molecular weight is 329 g/mol. The fourth-order valence-electron chi connectivity index (χ4n) is 2.38. The molecule has 0 spiro atoms. The van der Waals surface area contributed by atoms with Crippen molar-refractivity contribution in [1.29, 1.82) is 0 Å². The topological polar surface area (TPSA) is 39.4 Å². The summed E-state index contributed by atoms with van der Waals surface area (Å²) in [5.41, 5.74) is 2.08. The number of hydrogen-bond acceptors (Lipinski definition) is 3. The van der Waals surface area contributed by atoms with Crippen molar-refractivity contribution in [3.05, 3.63) is 53.1 Å². The second-order valence-electron chi connectivity index (χ2n) is 5.37. The lowest BCUT2D eigenvalue weighted by Crippen LogP contribution is -1.95. The first-order valence-corrected chi connectivity index (χ1v) is 8.00. The van der Waals surface area contributed by atoms with Crippen LogP contribution in [-0.2, 0) is 0 Å². The Labute approximate surface area is 139 Å². The van der Waals surface area contributed by atoms with Crippen LogP contribution in [0, 0.1) is 0 Å². The zero-order valence-corrected chi connectivity index (χ0v) is 13.6. The number of furan rings is 1. The Kier molecular flexibility index (Phi) is 4.68. The first kappa shape index (κ1) is 15.6. The second kappa shape index (κ2) is 6.88. The number of rotatable bonds is 6. The molecule has 3 aromatic rings. The van der Waals surface area contributed by atoms with Crippen LogP contribution < -0.4 is 4.74 Å². The molecule has 0 aliphatic carbocycles. The van der Waals surface area contributed by atoms with E-state index in [1.54, 1.807) is 18.2 Å². The molecule has 2 aromatic carbocycles. The van der Waals surface area contributed by atoms with Crippen LogP contribution in [0.2, 0.25) is 5.02 Å². The predicted octanol–water partition coefficient (Wildman–Crippen LogP) is 5.74. The van der Waals surface area contributed by atoms with Gasteiger partial charge in [0.2, 0.25) is 0 Å². The Morgan fingerprint density at radius 1 is 1.17 bits per heavy atom. The van der Waals surface area contributed by atoms with E-state index in [-0.39, 0.29) is 0 Å². The molecule has 1 aromatic heterocycles. The first-order valence-electron chi connectivity index (χ1n) is 7.62. The lowest BCUT2D eigenvalue weighted by atomic mass is 10.1. The highest BCUT2D eigenvalue weighted by Crippen LogP contribution is 2.34. The summed E-state index contributed by atoms with van der Waals surface area (Å²) < 4.78 is 11.6. The van der Waals surface area contributed by atoms with Crippen molar-refractivity contribution in [1.82, 2.24) is 0 Å². The summed E-state index contributed by atoms with van der Waals surface area (Å²) in [7, 11) is 0. The number of halogens is 1. The molecule has 0 bridgehead atoms. The average Bonchev–Trinajstić information content (AvgIpc) is 2.97. The van der Waals surface area contributed by atoms with Gasteiger partial charge in [-0.15, -0.1) is 0 Å². The highest BCUT2D eigenvalue weighted by molar-refractivity contribution is 6.33. The van der Waals surface area contributed by atoms with Crippen molar-refractivity contribution < 1.29 is 13.9 Å². The van der Waals surface area contributed by atoms with Crippen LogP contribution in [0.5, 0.6) is 5.75 Å².